The molecule has 0 aromatic heterocycles. The van der Waals surface area contributed by atoms with Crippen molar-refractivity contribution in [2.75, 3.05) is 0 Å². The molecule has 0 saturated heterocycles. The highest BCUT2D eigenvalue weighted by molar-refractivity contribution is 5.87. The first-order chi connectivity index (χ1) is 8.07. The van der Waals surface area contributed by atoms with Crippen molar-refractivity contribution in [1.29, 1.82) is 0 Å². The van der Waals surface area contributed by atoms with E-state index in [4.69, 9.17) is 10.8 Å². The maximum atomic E-state index is 12.9. The zero-order valence-corrected chi connectivity index (χ0v) is 9.93. The Morgan fingerprint density at radius 2 is 1.53 bits per heavy atom. The fraction of sp³-hybridized carbons (Fsp3) is 0.300. The number of alkyl halides is 5. The summed E-state index contributed by atoms with van der Waals surface area (Å²) in [6.45, 7) is 0. The lowest BCUT2D eigenvalue weighted by atomic mass is 10.00. The molecule has 0 aliphatic heterocycles. The molecule has 1 rings (SSSR count). The summed E-state index contributed by atoms with van der Waals surface area (Å²) in [6, 6.07) is 0.885. The second-order valence-corrected chi connectivity index (χ2v) is 3.53. The smallest absolute Gasteiger partial charge is 0.455 e. The predicted octanol–water partition coefficient (Wildman–Crippen LogP) is 3.00. The van der Waals surface area contributed by atoms with Gasteiger partial charge in [-0.25, -0.2) is 4.79 Å². The minimum Gasteiger partial charge on any atom is -0.478 e. The highest BCUT2D eigenvalue weighted by Crippen LogP contribution is 2.43. The molecule has 0 fully saturated rings. The molecule has 0 aliphatic carbocycles. The molecule has 0 bridgehead atoms. The van der Waals surface area contributed by atoms with Crippen LogP contribution in [0, 0.1) is 0 Å². The van der Waals surface area contributed by atoms with Crippen LogP contribution in [-0.4, -0.2) is 23.2 Å². The summed E-state index contributed by atoms with van der Waals surface area (Å²) < 4.78 is 62.0. The van der Waals surface area contributed by atoms with Crippen LogP contribution in [0.4, 0.5) is 22.0 Å². The zero-order chi connectivity index (χ0) is 14.1. The normalized spacial score (nSPS) is 13.6. The van der Waals surface area contributed by atoms with Crippen molar-refractivity contribution in [3.8, 4) is 0 Å². The molecule has 9 heteroatoms. The van der Waals surface area contributed by atoms with E-state index < -0.39 is 29.7 Å². The number of rotatable bonds is 3. The number of nitrogens with two attached hydrogens (primary N) is 1. The summed E-state index contributed by atoms with van der Waals surface area (Å²) in [5.74, 6) is -6.41. The largest absolute Gasteiger partial charge is 0.478 e. The second-order valence-electron chi connectivity index (χ2n) is 3.53. The molecular weight excluding hydrogens is 297 g/mol. The van der Waals surface area contributed by atoms with Crippen molar-refractivity contribution in [3.63, 3.8) is 0 Å². The van der Waals surface area contributed by atoms with Gasteiger partial charge in [0.15, 0.2) is 0 Å². The highest BCUT2D eigenvalue weighted by Gasteiger charge is 2.61. The summed E-state index contributed by atoms with van der Waals surface area (Å²) in [5.41, 5.74) is 4.13. The molecule has 3 N–H and O–H groups in total. The zero-order valence-electron chi connectivity index (χ0n) is 9.12. The molecule has 108 valence electrons. The molecule has 0 amide bonds. The van der Waals surface area contributed by atoms with Gasteiger partial charge in [0.05, 0.1) is 5.56 Å². The maximum Gasteiger partial charge on any atom is 0.455 e. The lowest BCUT2D eigenvalue weighted by molar-refractivity contribution is -0.291. The Hall–Kier alpha value is -1.41. The molecule has 3 nitrogen and oxygen atoms in total. The van der Waals surface area contributed by atoms with E-state index in [1.165, 1.54) is 0 Å². The molecule has 0 radical (unpaired) electrons. The number of carboxylic acid groups (broad SMARTS) is 1. The van der Waals surface area contributed by atoms with Crippen LogP contribution in [-0.2, 0) is 0 Å². The monoisotopic (exact) mass is 305 g/mol. The molecule has 0 unspecified atom stereocenters. The summed E-state index contributed by atoms with van der Waals surface area (Å²) >= 11 is 0. The van der Waals surface area contributed by atoms with Crippen LogP contribution in [0.3, 0.4) is 0 Å². The topological polar surface area (TPSA) is 63.3 Å². The average molecular weight is 306 g/mol. The van der Waals surface area contributed by atoms with E-state index in [2.05, 4.69) is 0 Å². The molecule has 0 heterocycles. The number of carboxylic acids is 1. The fourth-order valence-corrected chi connectivity index (χ4v) is 1.22. The quantitative estimate of drug-likeness (QED) is 0.844. The molecule has 19 heavy (non-hydrogen) atoms. The molecular formula is C10H9ClF5NO2. The number of halogens is 6. The van der Waals surface area contributed by atoms with Gasteiger partial charge in [-0.3, -0.25) is 0 Å². The molecule has 1 aromatic carbocycles. The number of aromatic carboxylic acids is 1. The molecule has 0 saturated carbocycles. The van der Waals surface area contributed by atoms with Gasteiger partial charge in [0.1, 0.15) is 6.04 Å². The van der Waals surface area contributed by atoms with Crippen molar-refractivity contribution in [1.82, 2.24) is 0 Å². The standard InChI is InChI=1S/C10H8F5NO2.ClH/c11-9(12,10(13,14)15)7(16)5-1-3-6(4-2-5)8(17)18;/h1-4,7H,16H2,(H,17,18);1H/t7-;/m1./s1. The fourth-order valence-electron chi connectivity index (χ4n) is 1.22. The first-order valence-corrected chi connectivity index (χ1v) is 4.60. The van der Waals surface area contributed by atoms with Gasteiger partial charge in [-0.2, -0.15) is 22.0 Å². The van der Waals surface area contributed by atoms with E-state index in [9.17, 15) is 26.7 Å². The minimum atomic E-state index is -5.77. The van der Waals surface area contributed by atoms with Gasteiger partial charge >= 0.3 is 18.1 Å². The van der Waals surface area contributed by atoms with Gasteiger partial charge in [-0.15, -0.1) is 12.4 Å². The van der Waals surface area contributed by atoms with E-state index in [0.29, 0.717) is 0 Å². The summed E-state index contributed by atoms with van der Waals surface area (Å²) in [4.78, 5) is 10.5. The van der Waals surface area contributed by atoms with E-state index >= 15 is 0 Å². The number of benzene rings is 1. The SMILES string of the molecule is Cl.N[C@H](c1ccc(C(=O)O)cc1)C(F)(F)C(F)(F)F. The Bertz CT molecular complexity index is 446. The van der Waals surface area contributed by atoms with E-state index in [1.54, 1.807) is 0 Å². The Morgan fingerprint density at radius 3 is 1.84 bits per heavy atom. The summed E-state index contributed by atoms with van der Waals surface area (Å²) in [7, 11) is 0. The van der Waals surface area contributed by atoms with E-state index in [-0.39, 0.29) is 18.0 Å². The van der Waals surface area contributed by atoms with Gasteiger partial charge in [0, 0.05) is 0 Å². The third kappa shape index (κ3) is 3.54. The van der Waals surface area contributed by atoms with E-state index in [0.717, 1.165) is 24.3 Å². The number of hydrogen-bond acceptors (Lipinski definition) is 2. The maximum absolute atomic E-state index is 12.9. The van der Waals surface area contributed by atoms with Gasteiger partial charge in [-0.1, -0.05) is 12.1 Å². The van der Waals surface area contributed by atoms with Crippen LogP contribution in [0.15, 0.2) is 24.3 Å². The van der Waals surface area contributed by atoms with Crippen LogP contribution in [0.1, 0.15) is 22.0 Å². The van der Waals surface area contributed by atoms with Gasteiger partial charge in [-0.05, 0) is 17.7 Å². The van der Waals surface area contributed by atoms with Crippen LogP contribution < -0.4 is 5.73 Å². The lowest BCUT2D eigenvalue weighted by Gasteiger charge is -2.25. The molecule has 1 atom stereocenters. The number of carbonyl (C=O) groups is 1. The van der Waals surface area contributed by atoms with Crippen molar-refractivity contribution in [2.45, 2.75) is 18.1 Å². The van der Waals surface area contributed by atoms with Crippen LogP contribution >= 0.6 is 12.4 Å². The van der Waals surface area contributed by atoms with Crippen molar-refractivity contribution < 1.29 is 31.9 Å². The highest BCUT2D eigenvalue weighted by atomic mass is 35.5. The predicted molar refractivity (Wildman–Crippen MR) is 58.6 cm³/mol. The average Bonchev–Trinajstić information content (AvgIpc) is 2.26. The Labute approximate surface area is 110 Å². The van der Waals surface area contributed by atoms with E-state index in [1.807, 2.05) is 0 Å². The van der Waals surface area contributed by atoms with Crippen molar-refractivity contribution in [2.24, 2.45) is 5.73 Å². The summed E-state index contributed by atoms with van der Waals surface area (Å²) in [6.07, 6.45) is -5.77. The Morgan fingerprint density at radius 1 is 1.11 bits per heavy atom. The summed E-state index contributed by atoms with van der Waals surface area (Å²) in [5, 5.41) is 8.54. The van der Waals surface area contributed by atoms with Crippen molar-refractivity contribution >= 4 is 18.4 Å². The lowest BCUT2D eigenvalue weighted by Crippen LogP contribution is -2.45. The first kappa shape index (κ1) is 17.6. The minimum absolute atomic E-state index is 0. The third-order valence-corrected chi connectivity index (χ3v) is 2.29. The molecule has 1 aromatic rings. The first-order valence-electron chi connectivity index (χ1n) is 4.60. The van der Waals surface area contributed by atoms with Gasteiger partial charge in [0.25, 0.3) is 0 Å². The Balaban J connectivity index is 0.00000324. The number of hydrogen-bond donors (Lipinski definition) is 2. The van der Waals surface area contributed by atoms with Gasteiger partial charge < -0.3 is 10.8 Å². The van der Waals surface area contributed by atoms with Gasteiger partial charge in [0.2, 0.25) is 0 Å². The second kappa shape index (κ2) is 5.70. The van der Waals surface area contributed by atoms with Crippen LogP contribution in [0.25, 0.3) is 0 Å². The van der Waals surface area contributed by atoms with Crippen molar-refractivity contribution in [3.05, 3.63) is 35.4 Å². The van der Waals surface area contributed by atoms with Crippen LogP contribution in [0.5, 0.6) is 0 Å². The third-order valence-electron chi connectivity index (χ3n) is 2.29. The molecule has 0 spiro atoms. The molecule has 0 aliphatic rings. The Kier molecular flexibility index (Phi) is 5.28. The van der Waals surface area contributed by atoms with Crippen LogP contribution in [0.2, 0.25) is 0 Å².